The van der Waals surface area contributed by atoms with Crippen molar-refractivity contribution >= 4 is 5.91 Å². The van der Waals surface area contributed by atoms with Crippen LogP contribution in [0.25, 0.3) is 0 Å². The van der Waals surface area contributed by atoms with Gasteiger partial charge in [0.05, 0.1) is 6.61 Å². The summed E-state index contributed by atoms with van der Waals surface area (Å²) in [6, 6.07) is 16.0. The summed E-state index contributed by atoms with van der Waals surface area (Å²) in [5, 5.41) is 0. The van der Waals surface area contributed by atoms with Gasteiger partial charge in [0.15, 0.2) is 0 Å². The van der Waals surface area contributed by atoms with Crippen molar-refractivity contribution < 1.29 is 9.53 Å². The van der Waals surface area contributed by atoms with E-state index >= 15 is 0 Å². The number of ether oxygens (including phenoxy) is 1. The fourth-order valence-electron chi connectivity index (χ4n) is 2.36. The molecule has 3 heteroatoms. The average molecular weight is 297 g/mol. The second-order valence-electron chi connectivity index (χ2n) is 5.46. The smallest absolute Gasteiger partial charge is 0.253 e. The van der Waals surface area contributed by atoms with Crippen molar-refractivity contribution in [2.24, 2.45) is 0 Å². The van der Waals surface area contributed by atoms with Gasteiger partial charge in [0.1, 0.15) is 0 Å². The Balaban J connectivity index is 2.01. The maximum absolute atomic E-state index is 12.4. The summed E-state index contributed by atoms with van der Waals surface area (Å²) in [5.74, 6) is 0.0311. The van der Waals surface area contributed by atoms with E-state index in [0.29, 0.717) is 18.7 Å². The van der Waals surface area contributed by atoms with E-state index in [0.717, 1.165) is 17.5 Å². The predicted molar refractivity (Wildman–Crippen MR) is 88.8 cm³/mol. The summed E-state index contributed by atoms with van der Waals surface area (Å²) in [4.78, 5) is 14.2. The maximum atomic E-state index is 12.4. The minimum absolute atomic E-state index is 0.0311. The molecule has 0 fully saturated rings. The molecule has 0 heterocycles. The number of rotatable bonds is 6. The van der Waals surface area contributed by atoms with Crippen LogP contribution < -0.4 is 0 Å². The largest absolute Gasteiger partial charge is 0.380 e. The first-order chi connectivity index (χ1) is 10.6. The normalized spacial score (nSPS) is 10.5. The predicted octanol–water partition coefficient (Wildman–Crippen LogP) is 3.67. The first-order valence-electron chi connectivity index (χ1n) is 7.55. The molecule has 0 aromatic heterocycles. The van der Waals surface area contributed by atoms with Crippen molar-refractivity contribution in [2.45, 2.75) is 26.5 Å². The number of amides is 1. The summed E-state index contributed by atoms with van der Waals surface area (Å²) < 4.78 is 5.08. The van der Waals surface area contributed by atoms with Crippen molar-refractivity contribution in [2.75, 3.05) is 14.2 Å². The molecule has 0 atom stereocenters. The Morgan fingerprint density at radius 2 is 1.50 bits per heavy atom. The van der Waals surface area contributed by atoms with Crippen molar-refractivity contribution in [1.29, 1.82) is 0 Å². The molecule has 0 unspecified atom stereocenters. The van der Waals surface area contributed by atoms with Gasteiger partial charge in [-0.25, -0.2) is 0 Å². The molecule has 0 aliphatic heterocycles. The summed E-state index contributed by atoms with van der Waals surface area (Å²) in [5.41, 5.74) is 4.22. The van der Waals surface area contributed by atoms with Gasteiger partial charge in [-0.05, 0) is 35.2 Å². The monoisotopic (exact) mass is 297 g/mol. The second-order valence-corrected chi connectivity index (χ2v) is 5.46. The van der Waals surface area contributed by atoms with Crippen LogP contribution >= 0.6 is 0 Å². The summed E-state index contributed by atoms with van der Waals surface area (Å²) >= 11 is 0. The molecule has 22 heavy (non-hydrogen) atoms. The van der Waals surface area contributed by atoms with Gasteiger partial charge >= 0.3 is 0 Å². The third-order valence-electron chi connectivity index (χ3n) is 3.71. The molecular formula is C19H23NO2. The van der Waals surface area contributed by atoms with E-state index in [1.807, 2.05) is 31.3 Å². The van der Waals surface area contributed by atoms with Gasteiger partial charge in [-0.1, -0.05) is 43.3 Å². The molecule has 116 valence electrons. The second kappa shape index (κ2) is 7.76. The molecular weight excluding hydrogens is 274 g/mol. The summed E-state index contributed by atoms with van der Waals surface area (Å²) in [7, 11) is 3.50. The lowest BCUT2D eigenvalue weighted by atomic mass is 10.1. The number of carbonyl (C=O) groups excluding carboxylic acids is 1. The Morgan fingerprint density at radius 3 is 2.05 bits per heavy atom. The molecule has 0 spiro atoms. The zero-order chi connectivity index (χ0) is 15.9. The summed E-state index contributed by atoms with van der Waals surface area (Å²) in [6.07, 6.45) is 1.03. The van der Waals surface area contributed by atoms with Crippen LogP contribution in [0.15, 0.2) is 48.5 Å². The molecule has 0 bridgehead atoms. The van der Waals surface area contributed by atoms with Gasteiger partial charge in [-0.2, -0.15) is 0 Å². The minimum atomic E-state index is 0.0311. The molecule has 0 aliphatic carbocycles. The maximum Gasteiger partial charge on any atom is 0.253 e. The van der Waals surface area contributed by atoms with Crippen LogP contribution in [-0.2, 0) is 24.3 Å². The molecule has 0 aliphatic rings. The van der Waals surface area contributed by atoms with Gasteiger partial charge in [-0.15, -0.1) is 0 Å². The van der Waals surface area contributed by atoms with Crippen molar-refractivity contribution in [1.82, 2.24) is 4.90 Å². The molecule has 0 radical (unpaired) electrons. The third-order valence-corrected chi connectivity index (χ3v) is 3.71. The Hall–Kier alpha value is -2.13. The highest BCUT2D eigenvalue weighted by molar-refractivity contribution is 5.94. The number of hydrogen-bond donors (Lipinski definition) is 0. The van der Waals surface area contributed by atoms with Crippen molar-refractivity contribution in [3.8, 4) is 0 Å². The van der Waals surface area contributed by atoms with E-state index in [2.05, 4.69) is 31.2 Å². The highest BCUT2D eigenvalue weighted by atomic mass is 16.5. The average Bonchev–Trinajstić information content (AvgIpc) is 2.56. The topological polar surface area (TPSA) is 29.5 Å². The van der Waals surface area contributed by atoms with E-state index in [1.165, 1.54) is 5.56 Å². The van der Waals surface area contributed by atoms with Crippen molar-refractivity contribution in [3.05, 3.63) is 70.8 Å². The molecule has 2 rings (SSSR count). The van der Waals surface area contributed by atoms with E-state index in [9.17, 15) is 4.79 Å². The lowest BCUT2D eigenvalue weighted by Crippen LogP contribution is -2.26. The quantitative estimate of drug-likeness (QED) is 0.814. The molecule has 0 saturated heterocycles. The van der Waals surface area contributed by atoms with E-state index in [1.54, 1.807) is 12.0 Å². The Labute approximate surface area is 132 Å². The highest BCUT2D eigenvalue weighted by Gasteiger charge is 2.12. The lowest BCUT2D eigenvalue weighted by Gasteiger charge is -2.18. The molecule has 1 amide bonds. The molecule has 3 nitrogen and oxygen atoms in total. The van der Waals surface area contributed by atoms with Crippen LogP contribution in [0.1, 0.15) is 34.0 Å². The number of benzene rings is 2. The first-order valence-corrected chi connectivity index (χ1v) is 7.55. The number of aryl methyl sites for hydroxylation is 1. The van der Waals surface area contributed by atoms with Gasteiger partial charge in [0, 0.05) is 26.3 Å². The van der Waals surface area contributed by atoms with Crippen LogP contribution in [0.5, 0.6) is 0 Å². The number of nitrogens with zero attached hydrogens (tertiary/aromatic N) is 1. The van der Waals surface area contributed by atoms with Crippen LogP contribution in [0, 0.1) is 0 Å². The van der Waals surface area contributed by atoms with Crippen LogP contribution in [0.3, 0.4) is 0 Å². The Bertz CT molecular complexity index is 602. The Morgan fingerprint density at radius 1 is 0.955 bits per heavy atom. The zero-order valence-corrected chi connectivity index (χ0v) is 13.5. The SMILES string of the molecule is CCc1ccc(CN(C)C(=O)c2ccc(COC)cc2)cc1. The fraction of sp³-hybridized carbons (Fsp3) is 0.316. The third kappa shape index (κ3) is 4.18. The van der Waals surface area contributed by atoms with Gasteiger partial charge in [0.25, 0.3) is 5.91 Å². The lowest BCUT2D eigenvalue weighted by molar-refractivity contribution is 0.0785. The van der Waals surface area contributed by atoms with E-state index in [-0.39, 0.29) is 5.91 Å². The van der Waals surface area contributed by atoms with Gasteiger partial charge in [0.2, 0.25) is 0 Å². The molecule has 0 saturated carbocycles. The van der Waals surface area contributed by atoms with Crippen LogP contribution in [-0.4, -0.2) is 25.0 Å². The molecule has 2 aromatic carbocycles. The van der Waals surface area contributed by atoms with Gasteiger partial charge in [-0.3, -0.25) is 4.79 Å². The van der Waals surface area contributed by atoms with Crippen LogP contribution in [0.2, 0.25) is 0 Å². The number of hydrogen-bond acceptors (Lipinski definition) is 2. The fourth-order valence-corrected chi connectivity index (χ4v) is 2.36. The Kier molecular flexibility index (Phi) is 5.73. The highest BCUT2D eigenvalue weighted by Crippen LogP contribution is 2.11. The van der Waals surface area contributed by atoms with Gasteiger partial charge < -0.3 is 9.64 Å². The molecule has 0 N–H and O–H groups in total. The minimum Gasteiger partial charge on any atom is -0.380 e. The zero-order valence-electron chi connectivity index (χ0n) is 13.5. The summed E-state index contributed by atoms with van der Waals surface area (Å²) in [6.45, 7) is 3.31. The van der Waals surface area contributed by atoms with E-state index < -0.39 is 0 Å². The van der Waals surface area contributed by atoms with Crippen molar-refractivity contribution in [3.63, 3.8) is 0 Å². The molecule has 2 aromatic rings. The number of methoxy groups -OCH3 is 1. The standard InChI is InChI=1S/C19H23NO2/c1-4-15-5-7-16(8-6-15)13-20(2)19(21)18-11-9-17(10-12-18)14-22-3/h5-12H,4,13-14H2,1-3H3. The number of carbonyl (C=O) groups is 1. The van der Waals surface area contributed by atoms with Crippen LogP contribution in [0.4, 0.5) is 0 Å². The first kappa shape index (κ1) is 16.2. The van der Waals surface area contributed by atoms with E-state index in [4.69, 9.17) is 4.74 Å².